The van der Waals surface area contributed by atoms with Crippen molar-refractivity contribution < 1.29 is 9.26 Å². The molecule has 1 aromatic carbocycles. The van der Waals surface area contributed by atoms with Crippen LogP contribution in [0.4, 0.5) is 0 Å². The van der Waals surface area contributed by atoms with Gasteiger partial charge in [0.1, 0.15) is 12.0 Å². The van der Waals surface area contributed by atoms with Gasteiger partial charge in [0.05, 0.1) is 12.7 Å². The summed E-state index contributed by atoms with van der Waals surface area (Å²) in [6.45, 7) is 0. The van der Waals surface area contributed by atoms with Gasteiger partial charge < -0.3 is 9.26 Å². The van der Waals surface area contributed by atoms with E-state index in [9.17, 15) is 0 Å². The SMILES string of the molecule is COc1ccccc1-c1conc1Br. The van der Waals surface area contributed by atoms with Gasteiger partial charge in [-0.1, -0.05) is 23.4 Å². The summed E-state index contributed by atoms with van der Waals surface area (Å²) in [5.41, 5.74) is 1.85. The summed E-state index contributed by atoms with van der Waals surface area (Å²) in [6.07, 6.45) is 1.59. The monoisotopic (exact) mass is 253 g/mol. The second kappa shape index (κ2) is 3.84. The number of halogens is 1. The highest BCUT2D eigenvalue weighted by atomic mass is 79.9. The molecule has 0 unspecified atom stereocenters. The molecule has 14 heavy (non-hydrogen) atoms. The van der Waals surface area contributed by atoms with Crippen molar-refractivity contribution in [3.63, 3.8) is 0 Å². The largest absolute Gasteiger partial charge is 0.496 e. The maximum absolute atomic E-state index is 5.23. The van der Waals surface area contributed by atoms with E-state index >= 15 is 0 Å². The summed E-state index contributed by atoms with van der Waals surface area (Å²) in [7, 11) is 1.64. The lowest BCUT2D eigenvalue weighted by atomic mass is 10.1. The van der Waals surface area contributed by atoms with Gasteiger partial charge in [-0.25, -0.2) is 0 Å². The number of rotatable bonds is 2. The van der Waals surface area contributed by atoms with E-state index < -0.39 is 0 Å². The van der Waals surface area contributed by atoms with Crippen LogP contribution < -0.4 is 4.74 Å². The van der Waals surface area contributed by atoms with Crippen LogP contribution in [0, 0.1) is 0 Å². The molecule has 0 radical (unpaired) electrons. The van der Waals surface area contributed by atoms with Gasteiger partial charge in [-0.3, -0.25) is 0 Å². The molecule has 2 aromatic rings. The van der Waals surface area contributed by atoms with E-state index in [2.05, 4.69) is 21.1 Å². The third kappa shape index (κ3) is 1.53. The number of nitrogens with zero attached hydrogens (tertiary/aromatic N) is 1. The minimum atomic E-state index is 0.682. The highest BCUT2D eigenvalue weighted by molar-refractivity contribution is 9.10. The minimum absolute atomic E-state index is 0.682. The molecule has 0 saturated carbocycles. The first kappa shape index (κ1) is 9.27. The standard InChI is InChI=1S/C10H8BrNO2/c1-13-9-5-3-2-4-7(9)8-6-14-12-10(8)11/h2-6H,1H3. The van der Waals surface area contributed by atoms with Crippen LogP contribution in [0.3, 0.4) is 0 Å². The summed E-state index contributed by atoms with van der Waals surface area (Å²) in [4.78, 5) is 0. The highest BCUT2D eigenvalue weighted by Crippen LogP contribution is 2.33. The Kier molecular flexibility index (Phi) is 2.54. The summed E-state index contributed by atoms with van der Waals surface area (Å²) in [5.74, 6) is 0.802. The Morgan fingerprint density at radius 1 is 1.29 bits per heavy atom. The molecule has 72 valence electrons. The fourth-order valence-electron chi connectivity index (χ4n) is 1.26. The lowest BCUT2D eigenvalue weighted by molar-refractivity contribution is 0.414. The molecule has 0 bridgehead atoms. The van der Waals surface area contributed by atoms with E-state index in [0.29, 0.717) is 4.60 Å². The van der Waals surface area contributed by atoms with Crippen molar-refractivity contribution >= 4 is 15.9 Å². The second-order valence-electron chi connectivity index (χ2n) is 2.72. The van der Waals surface area contributed by atoms with E-state index in [4.69, 9.17) is 9.26 Å². The van der Waals surface area contributed by atoms with Crippen LogP contribution >= 0.6 is 15.9 Å². The predicted molar refractivity (Wildman–Crippen MR) is 56.2 cm³/mol. The Labute approximate surface area is 89.8 Å². The number of aromatic nitrogens is 1. The van der Waals surface area contributed by atoms with Crippen molar-refractivity contribution in [2.24, 2.45) is 0 Å². The van der Waals surface area contributed by atoms with Gasteiger partial charge >= 0.3 is 0 Å². The number of benzene rings is 1. The Bertz CT molecular complexity index is 439. The lowest BCUT2D eigenvalue weighted by Crippen LogP contribution is -1.86. The number of methoxy groups -OCH3 is 1. The maximum Gasteiger partial charge on any atom is 0.157 e. The van der Waals surface area contributed by atoms with Gasteiger partial charge in [0.15, 0.2) is 4.60 Å². The molecule has 0 aliphatic rings. The molecule has 0 fully saturated rings. The van der Waals surface area contributed by atoms with E-state index in [1.54, 1.807) is 13.4 Å². The number of ether oxygens (including phenoxy) is 1. The quantitative estimate of drug-likeness (QED) is 0.825. The van der Waals surface area contributed by atoms with Crippen molar-refractivity contribution in [3.05, 3.63) is 35.1 Å². The van der Waals surface area contributed by atoms with Gasteiger partial charge in [-0.2, -0.15) is 0 Å². The predicted octanol–water partition coefficient (Wildman–Crippen LogP) is 3.11. The first-order valence-electron chi connectivity index (χ1n) is 4.06. The molecular formula is C10H8BrNO2. The molecule has 4 heteroatoms. The van der Waals surface area contributed by atoms with Crippen LogP contribution in [0.5, 0.6) is 5.75 Å². The van der Waals surface area contributed by atoms with Crippen LogP contribution in [0.25, 0.3) is 11.1 Å². The van der Waals surface area contributed by atoms with Gasteiger partial charge in [0.2, 0.25) is 0 Å². The first-order chi connectivity index (χ1) is 6.83. The Balaban J connectivity index is 2.56. The molecule has 0 aliphatic heterocycles. The van der Waals surface area contributed by atoms with Gasteiger partial charge in [-0.15, -0.1) is 0 Å². The Morgan fingerprint density at radius 3 is 2.71 bits per heavy atom. The average Bonchev–Trinajstić information content (AvgIpc) is 2.64. The van der Waals surface area contributed by atoms with Crippen molar-refractivity contribution in [1.29, 1.82) is 0 Å². The average molecular weight is 254 g/mol. The molecular weight excluding hydrogens is 246 g/mol. The van der Waals surface area contributed by atoms with Crippen molar-refractivity contribution in [2.75, 3.05) is 7.11 Å². The molecule has 0 aliphatic carbocycles. The lowest BCUT2D eigenvalue weighted by Gasteiger charge is -2.05. The zero-order valence-electron chi connectivity index (χ0n) is 7.53. The molecule has 0 spiro atoms. The molecule has 1 heterocycles. The maximum atomic E-state index is 5.23. The van der Waals surface area contributed by atoms with Gasteiger partial charge in [0, 0.05) is 5.56 Å². The topological polar surface area (TPSA) is 35.3 Å². The zero-order valence-corrected chi connectivity index (χ0v) is 9.11. The smallest absolute Gasteiger partial charge is 0.157 e. The van der Waals surface area contributed by atoms with E-state index in [1.807, 2.05) is 24.3 Å². The second-order valence-corrected chi connectivity index (χ2v) is 3.47. The number of para-hydroxylation sites is 1. The molecule has 3 nitrogen and oxygen atoms in total. The number of hydrogen-bond acceptors (Lipinski definition) is 3. The molecule has 2 rings (SSSR count). The van der Waals surface area contributed by atoms with Gasteiger partial charge in [0.25, 0.3) is 0 Å². The number of hydrogen-bond donors (Lipinski definition) is 0. The normalized spacial score (nSPS) is 10.1. The Hall–Kier alpha value is -1.29. The molecule has 0 amide bonds. The van der Waals surface area contributed by atoms with E-state index in [0.717, 1.165) is 16.9 Å². The van der Waals surface area contributed by atoms with Crippen molar-refractivity contribution in [3.8, 4) is 16.9 Å². The van der Waals surface area contributed by atoms with E-state index in [-0.39, 0.29) is 0 Å². The summed E-state index contributed by atoms with van der Waals surface area (Å²) >= 11 is 3.31. The molecule has 0 atom stereocenters. The van der Waals surface area contributed by atoms with E-state index in [1.165, 1.54) is 0 Å². The minimum Gasteiger partial charge on any atom is -0.496 e. The summed E-state index contributed by atoms with van der Waals surface area (Å²) in [6, 6.07) is 7.71. The summed E-state index contributed by atoms with van der Waals surface area (Å²) in [5, 5.41) is 3.75. The van der Waals surface area contributed by atoms with Crippen LogP contribution in [0.1, 0.15) is 0 Å². The fourth-order valence-corrected chi connectivity index (χ4v) is 1.66. The molecule has 0 saturated heterocycles. The first-order valence-corrected chi connectivity index (χ1v) is 4.85. The van der Waals surface area contributed by atoms with Crippen molar-refractivity contribution in [1.82, 2.24) is 5.16 Å². The zero-order chi connectivity index (χ0) is 9.97. The third-order valence-corrected chi connectivity index (χ3v) is 2.49. The van der Waals surface area contributed by atoms with Crippen LogP contribution in [-0.2, 0) is 0 Å². The Morgan fingerprint density at radius 2 is 2.07 bits per heavy atom. The highest BCUT2D eigenvalue weighted by Gasteiger charge is 2.11. The van der Waals surface area contributed by atoms with Crippen molar-refractivity contribution in [2.45, 2.75) is 0 Å². The van der Waals surface area contributed by atoms with Crippen LogP contribution in [0.2, 0.25) is 0 Å². The van der Waals surface area contributed by atoms with Crippen LogP contribution in [0.15, 0.2) is 39.7 Å². The third-order valence-electron chi connectivity index (χ3n) is 1.92. The van der Waals surface area contributed by atoms with Crippen LogP contribution in [-0.4, -0.2) is 12.3 Å². The van der Waals surface area contributed by atoms with Gasteiger partial charge in [-0.05, 0) is 22.0 Å². The molecule has 1 aromatic heterocycles. The molecule has 0 N–H and O–H groups in total. The summed E-state index contributed by atoms with van der Waals surface area (Å²) < 4.78 is 10.8. The fraction of sp³-hybridized carbons (Fsp3) is 0.100.